The molecule has 1 N–H and O–H groups in total. The summed E-state index contributed by atoms with van der Waals surface area (Å²) in [5.41, 5.74) is 0. The highest BCUT2D eigenvalue weighted by Gasteiger charge is 2.25. The fraction of sp³-hybridized carbons (Fsp3) is 0.500. The van der Waals surface area contributed by atoms with E-state index in [9.17, 15) is 0 Å². The lowest BCUT2D eigenvalue weighted by molar-refractivity contribution is 0.295. The molecule has 4 nitrogen and oxygen atoms in total. The van der Waals surface area contributed by atoms with Crippen molar-refractivity contribution in [3.05, 3.63) is 21.8 Å². The highest BCUT2D eigenvalue weighted by molar-refractivity contribution is 9.11. The number of hydrogen-bond donors (Lipinski definition) is 1. The number of thiophene rings is 1. The summed E-state index contributed by atoms with van der Waals surface area (Å²) >= 11 is 5.07. The van der Waals surface area contributed by atoms with E-state index in [1.54, 1.807) is 11.3 Å². The molecule has 0 spiro atoms. The van der Waals surface area contributed by atoms with E-state index >= 15 is 0 Å². The maximum atomic E-state index is 5.42. The number of halogens is 1. The second kappa shape index (κ2) is 5.11. The molecule has 0 bridgehead atoms. The lowest BCUT2D eigenvalue weighted by Gasteiger charge is -2.25. The van der Waals surface area contributed by atoms with Crippen molar-refractivity contribution < 1.29 is 4.52 Å². The fourth-order valence-electron chi connectivity index (χ4n) is 2.29. The van der Waals surface area contributed by atoms with E-state index in [4.69, 9.17) is 4.52 Å². The van der Waals surface area contributed by atoms with Gasteiger partial charge in [-0.05, 0) is 54.4 Å². The topological polar surface area (TPSA) is 51.0 Å². The van der Waals surface area contributed by atoms with Gasteiger partial charge in [0, 0.05) is 12.0 Å². The standard InChI is InChI=1S/C12H14BrN3OS/c1-7-6-8(4-5-14-7)12-15-11(16-17-12)9-2-3-10(13)18-9/h2-3,7-8,14H,4-6H2,1H3. The number of hydrogen-bond acceptors (Lipinski definition) is 5. The van der Waals surface area contributed by atoms with Crippen LogP contribution in [-0.2, 0) is 0 Å². The van der Waals surface area contributed by atoms with Gasteiger partial charge in [0.1, 0.15) is 0 Å². The summed E-state index contributed by atoms with van der Waals surface area (Å²) in [6.45, 7) is 3.22. The molecule has 0 aromatic carbocycles. The van der Waals surface area contributed by atoms with E-state index in [1.165, 1.54) is 0 Å². The minimum atomic E-state index is 0.394. The predicted molar refractivity (Wildman–Crippen MR) is 74.8 cm³/mol. The minimum Gasteiger partial charge on any atom is -0.339 e. The number of aromatic nitrogens is 2. The van der Waals surface area contributed by atoms with Crippen LogP contribution in [0.15, 0.2) is 20.4 Å². The molecule has 2 aromatic heterocycles. The van der Waals surface area contributed by atoms with Crippen LogP contribution in [0, 0.1) is 0 Å². The van der Waals surface area contributed by atoms with Gasteiger partial charge in [0.2, 0.25) is 11.7 Å². The van der Waals surface area contributed by atoms with Crippen molar-refractivity contribution in [3.63, 3.8) is 0 Å². The highest BCUT2D eigenvalue weighted by Crippen LogP contribution is 2.32. The first-order valence-corrected chi connectivity index (χ1v) is 7.66. The summed E-state index contributed by atoms with van der Waals surface area (Å²) in [6, 6.07) is 4.53. The largest absolute Gasteiger partial charge is 0.339 e. The van der Waals surface area contributed by atoms with Gasteiger partial charge in [-0.25, -0.2) is 0 Å². The van der Waals surface area contributed by atoms with Gasteiger partial charge >= 0.3 is 0 Å². The molecule has 18 heavy (non-hydrogen) atoms. The molecular formula is C12H14BrN3OS. The molecule has 2 aromatic rings. The summed E-state index contributed by atoms with van der Waals surface area (Å²) in [5, 5.41) is 7.51. The molecule has 1 saturated heterocycles. The van der Waals surface area contributed by atoms with Gasteiger partial charge in [0.05, 0.1) is 8.66 Å². The van der Waals surface area contributed by atoms with E-state index in [0.29, 0.717) is 17.8 Å². The highest BCUT2D eigenvalue weighted by atomic mass is 79.9. The summed E-state index contributed by atoms with van der Waals surface area (Å²) in [4.78, 5) is 5.58. The molecule has 3 heterocycles. The van der Waals surface area contributed by atoms with E-state index in [-0.39, 0.29) is 0 Å². The molecule has 0 saturated carbocycles. The van der Waals surface area contributed by atoms with Gasteiger partial charge < -0.3 is 9.84 Å². The van der Waals surface area contributed by atoms with Crippen LogP contribution in [0.1, 0.15) is 31.6 Å². The maximum Gasteiger partial charge on any atom is 0.230 e. The SMILES string of the molecule is CC1CC(c2nc(-c3ccc(Br)s3)no2)CCN1. The van der Waals surface area contributed by atoms with Gasteiger partial charge in [-0.1, -0.05) is 5.16 Å². The molecule has 0 aliphatic carbocycles. The third kappa shape index (κ3) is 2.50. The zero-order valence-corrected chi connectivity index (χ0v) is 12.4. The molecule has 2 atom stereocenters. The molecular weight excluding hydrogens is 314 g/mol. The zero-order chi connectivity index (χ0) is 12.5. The third-order valence-corrected chi connectivity index (χ3v) is 4.83. The maximum absolute atomic E-state index is 5.42. The molecule has 3 rings (SSSR count). The first-order chi connectivity index (χ1) is 8.72. The lowest BCUT2D eigenvalue weighted by atomic mass is 9.93. The van der Waals surface area contributed by atoms with Gasteiger partial charge in [0.25, 0.3) is 0 Å². The predicted octanol–water partition coefficient (Wildman–Crippen LogP) is 3.42. The minimum absolute atomic E-state index is 0.394. The summed E-state index contributed by atoms with van der Waals surface area (Å²) in [6.07, 6.45) is 2.13. The van der Waals surface area contributed by atoms with Crippen molar-refractivity contribution in [2.24, 2.45) is 0 Å². The van der Waals surface area contributed by atoms with Gasteiger partial charge in [-0.2, -0.15) is 4.98 Å². The van der Waals surface area contributed by atoms with Gasteiger partial charge in [0.15, 0.2) is 0 Å². The third-order valence-electron chi connectivity index (χ3n) is 3.21. The Hall–Kier alpha value is -0.720. The normalized spacial score (nSPS) is 24.3. The molecule has 96 valence electrons. The smallest absolute Gasteiger partial charge is 0.230 e. The molecule has 1 fully saturated rings. The van der Waals surface area contributed by atoms with Crippen LogP contribution in [0.3, 0.4) is 0 Å². The molecule has 1 aliphatic rings. The Kier molecular flexibility index (Phi) is 3.50. The Morgan fingerprint density at radius 2 is 2.39 bits per heavy atom. The van der Waals surface area contributed by atoms with Crippen molar-refractivity contribution in [2.45, 2.75) is 31.7 Å². The van der Waals surface area contributed by atoms with Crippen molar-refractivity contribution in [2.75, 3.05) is 6.54 Å². The van der Waals surface area contributed by atoms with E-state index in [2.05, 4.69) is 38.3 Å². The lowest BCUT2D eigenvalue weighted by Crippen LogP contribution is -2.34. The number of nitrogens with zero attached hydrogens (tertiary/aromatic N) is 2. The summed E-state index contributed by atoms with van der Waals surface area (Å²) in [7, 11) is 0. The van der Waals surface area contributed by atoms with Crippen LogP contribution < -0.4 is 5.32 Å². The monoisotopic (exact) mass is 327 g/mol. The second-order valence-electron chi connectivity index (χ2n) is 4.64. The molecule has 6 heteroatoms. The molecule has 2 unspecified atom stereocenters. The number of nitrogens with one attached hydrogen (secondary N) is 1. The second-order valence-corrected chi connectivity index (χ2v) is 7.10. The molecule has 0 amide bonds. The van der Waals surface area contributed by atoms with Crippen molar-refractivity contribution in [3.8, 4) is 10.7 Å². The first kappa shape index (κ1) is 12.3. The number of piperidine rings is 1. The zero-order valence-electron chi connectivity index (χ0n) is 10.0. The first-order valence-electron chi connectivity index (χ1n) is 6.05. The fourth-order valence-corrected chi connectivity index (χ4v) is 3.60. The van der Waals surface area contributed by atoms with Crippen molar-refractivity contribution >= 4 is 27.3 Å². The summed E-state index contributed by atoms with van der Waals surface area (Å²) < 4.78 is 6.50. The van der Waals surface area contributed by atoms with Gasteiger partial charge in [-0.15, -0.1) is 11.3 Å². The van der Waals surface area contributed by atoms with Gasteiger partial charge in [-0.3, -0.25) is 0 Å². The Balaban J connectivity index is 1.80. The van der Waals surface area contributed by atoms with Crippen molar-refractivity contribution in [1.82, 2.24) is 15.5 Å². The number of rotatable bonds is 2. The Labute approximate surface area is 118 Å². The molecule has 0 radical (unpaired) electrons. The summed E-state index contributed by atoms with van der Waals surface area (Å²) in [5.74, 6) is 1.88. The van der Waals surface area contributed by atoms with Crippen molar-refractivity contribution in [1.29, 1.82) is 0 Å². The van der Waals surface area contributed by atoms with E-state index in [1.807, 2.05) is 12.1 Å². The van der Waals surface area contributed by atoms with Crippen LogP contribution in [0.2, 0.25) is 0 Å². The molecule has 1 aliphatic heterocycles. The van der Waals surface area contributed by atoms with E-state index in [0.717, 1.165) is 33.9 Å². The van der Waals surface area contributed by atoms with Crippen LogP contribution in [0.25, 0.3) is 10.7 Å². The Morgan fingerprint density at radius 3 is 3.11 bits per heavy atom. The quantitative estimate of drug-likeness (QED) is 0.918. The van der Waals surface area contributed by atoms with Crippen LogP contribution in [0.4, 0.5) is 0 Å². The average Bonchev–Trinajstić information content (AvgIpc) is 2.97. The van der Waals surface area contributed by atoms with E-state index < -0.39 is 0 Å². The van der Waals surface area contributed by atoms with Crippen LogP contribution in [-0.4, -0.2) is 22.7 Å². The average molecular weight is 328 g/mol. The Bertz CT molecular complexity index is 539. The van der Waals surface area contributed by atoms with Crippen LogP contribution in [0.5, 0.6) is 0 Å². The Morgan fingerprint density at radius 1 is 1.50 bits per heavy atom. The van der Waals surface area contributed by atoms with Crippen LogP contribution >= 0.6 is 27.3 Å².